The second-order valence-corrected chi connectivity index (χ2v) is 2.07. The van der Waals surface area contributed by atoms with Crippen molar-refractivity contribution in [2.24, 2.45) is 0 Å². The van der Waals surface area contributed by atoms with E-state index >= 15 is 0 Å². The molecule has 1 aliphatic heterocycles. The second-order valence-electron chi connectivity index (χ2n) is 2.07. The zero-order valence-electron chi connectivity index (χ0n) is 5.48. The Morgan fingerprint density at radius 1 is 1.45 bits per heavy atom. The van der Waals surface area contributed by atoms with E-state index in [0.717, 1.165) is 0 Å². The van der Waals surface area contributed by atoms with Crippen LogP contribution in [-0.4, -0.2) is 34.9 Å². The third-order valence-corrected chi connectivity index (χ3v) is 1.21. The largest absolute Gasteiger partial charge is 0.478 e. The van der Waals surface area contributed by atoms with Gasteiger partial charge in [0.15, 0.2) is 0 Å². The normalized spacial score (nSPS) is 22.9. The van der Waals surface area contributed by atoms with Gasteiger partial charge < -0.3 is 14.9 Å². The van der Waals surface area contributed by atoms with E-state index in [0.29, 0.717) is 12.7 Å². The van der Waals surface area contributed by atoms with Gasteiger partial charge in [-0.3, -0.25) is 0 Å². The number of rotatable bonds is 3. The summed E-state index contributed by atoms with van der Waals surface area (Å²) >= 11 is 0. The van der Waals surface area contributed by atoms with E-state index in [2.05, 4.69) is 4.74 Å². The lowest BCUT2D eigenvalue weighted by Gasteiger charge is -1.92. The summed E-state index contributed by atoms with van der Waals surface area (Å²) in [5.74, 6) is -2.51. The van der Waals surface area contributed by atoms with Crippen molar-refractivity contribution < 1.29 is 24.5 Å². The molecular formula is C6H6O5. The van der Waals surface area contributed by atoms with Crippen molar-refractivity contribution in [3.05, 3.63) is 11.6 Å². The zero-order valence-corrected chi connectivity index (χ0v) is 5.48. The Morgan fingerprint density at radius 2 is 2.00 bits per heavy atom. The summed E-state index contributed by atoms with van der Waals surface area (Å²) in [7, 11) is 0. The Labute approximate surface area is 61.9 Å². The molecule has 0 aromatic rings. The van der Waals surface area contributed by atoms with Crippen LogP contribution < -0.4 is 0 Å². The molecule has 60 valence electrons. The first kappa shape index (κ1) is 7.74. The highest BCUT2D eigenvalue weighted by Crippen LogP contribution is 2.19. The van der Waals surface area contributed by atoms with Crippen LogP contribution >= 0.6 is 0 Å². The van der Waals surface area contributed by atoms with Crippen LogP contribution in [0.15, 0.2) is 11.6 Å². The first-order valence-corrected chi connectivity index (χ1v) is 2.90. The number of hydrogen-bond acceptors (Lipinski definition) is 3. The predicted molar refractivity (Wildman–Crippen MR) is 33.1 cm³/mol. The lowest BCUT2D eigenvalue weighted by Crippen LogP contribution is -2.09. The number of epoxide rings is 1. The lowest BCUT2D eigenvalue weighted by molar-refractivity contribution is -0.135. The quantitative estimate of drug-likeness (QED) is 0.426. The fraction of sp³-hybridized carbons (Fsp3) is 0.333. The Hall–Kier alpha value is -1.36. The van der Waals surface area contributed by atoms with E-state index in [1.807, 2.05) is 0 Å². The molecule has 0 aliphatic carbocycles. The van der Waals surface area contributed by atoms with Crippen LogP contribution in [0.1, 0.15) is 0 Å². The monoisotopic (exact) mass is 158 g/mol. The van der Waals surface area contributed by atoms with E-state index in [-0.39, 0.29) is 5.57 Å². The molecule has 0 spiro atoms. The number of ether oxygens (including phenoxy) is 1. The van der Waals surface area contributed by atoms with Crippen LogP contribution in [0.3, 0.4) is 0 Å². The summed E-state index contributed by atoms with van der Waals surface area (Å²) in [6.07, 6.45) is 0.128. The van der Waals surface area contributed by atoms with Gasteiger partial charge >= 0.3 is 11.9 Å². The van der Waals surface area contributed by atoms with Gasteiger partial charge in [-0.05, 0) is 0 Å². The van der Waals surface area contributed by atoms with Crippen molar-refractivity contribution >= 4 is 11.9 Å². The highest BCUT2D eigenvalue weighted by atomic mass is 16.6. The standard InChI is InChI=1S/C6H6O5/c7-5(8)1-3(6(9)10)4-2-11-4/h1,4H,2H2,(H,7,8)(H,9,10)/b3-1+. The minimum absolute atomic E-state index is 0.197. The Bertz CT molecular complexity index is 225. The maximum atomic E-state index is 10.3. The van der Waals surface area contributed by atoms with Crippen LogP contribution in [0.4, 0.5) is 0 Å². The Morgan fingerprint density at radius 3 is 2.27 bits per heavy atom. The van der Waals surface area contributed by atoms with Gasteiger partial charge in [0.1, 0.15) is 6.10 Å². The summed E-state index contributed by atoms with van der Waals surface area (Å²) < 4.78 is 4.62. The Balaban J connectivity index is 2.73. The van der Waals surface area contributed by atoms with Crippen molar-refractivity contribution in [3.8, 4) is 0 Å². The molecule has 0 aromatic heterocycles. The number of carboxylic acid groups (broad SMARTS) is 2. The molecule has 0 bridgehead atoms. The molecule has 0 amide bonds. The van der Waals surface area contributed by atoms with E-state index in [1.165, 1.54) is 0 Å². The van der Waals surface area contributed by atoms with E-state index in [9.17, 15) is 9.59 Å². The SMILES string of the molecule is O=C(O)/C=C(/C(=O)O)C1CO1. The fourth-order valence-corrected chi connectivity index (χ4v) is 0.653. The average Bonchev–Trinajstić information content (AvgIpc) is 2.63. The van der Waals surface area contributed by atoms with Gasteiger partial charge in [0.25, 0.3) is 0 Å². The maximum absolute atomic E-state index is 10.3. The maximum Gasteiger partial charge on any atom is 0.334 e. The van der Waals surface area contributed by atoms with E-state index in [1.54, 1.807) is 0 Å². The van der Waals surface area contributed by atoms with Gasteiger partial charge in [-0.1, -0.05) is 0 Å². The van der Waals surface area contributed by atoms with E-state index in [4.69, 9.17) is 10.2 Å². The summed E-state index contributed by atoms with van der Waals surface area (Å²) in [5.41, 5.74) is -0.197. The molecule has 1 saturated heterocycles. The number of aliphatic carboxylic acids is 2. The molecule has 1 aliphatic rings. The van der Waals surface area contributed by atoms with Crippen molar-refractivity contribution in [1.82, 2.24) is 0 Å². The molecule has 5 nitrogen and oxygen atoms in total. The van der Waals surface area contributed by atoms with Crippen LogP contribution in [0.25, 0.3) is 0 Å². The van der Waals surface area contributed by atoms with Crippen molar-refractivity contribution in [2.75, 3.05) is 6.61 Å². The van der Waals surface area contributed by atoms with Crippen LogP contribution in [-0.2, 0) is 14.3 Å². The van der Waals surface area contributed by atoms with Crippen LogP contribution in [0.5, 0.6) is 0 Å². The highest BCUT2D eigenvalue weighted by Gasteiger charge is 2.32. The van der Waals surface area contributed by atoms with Gasteiger partial charge in [0.2, 0.25) is 0 Å². The third kappa shape index (κ3) is 2.05. The molecule has 0 saturated carbocycles. The minimum Gasteiger partial charge on any atom is -0.478 e. The first-order valence-electron chi connectivity index (χ1n) is 2.90. The van der Waals surface area contributed by atoms with Crippen molar-refractivity contribution in [1.29, 1.82) is 0 Å². The molecule has 1 unspecified atom stereocenters. The summed E-state index contributed by atoms with van der Waals surface area (Å²) in [4.78, 5) is 20.4. The summed E-state index contributed by atoms with van der Waals surface area (Å²) in [5, 5.41) is 16.6. The van der Waals surface area contributed by atoms with Gasteiger partial charge in [-0.2, -0.15) is 0 Å². The topological polar surface area (TPSA) is 87.1 Å². The van der Waals surface area contributed by atoms with Crippen molar-refractivity contribution in [3.63, 3.8) is 0 Å². The Kier molecular flexibility index (Phi) is 1.91. The average molecular weight is 158 g/mol. The molecule has 11 heavy (non-hydrogen) atoms. The van der Waals surface area contributed by atoms with Gasteiger partial charge in [-0.25, -0.2) is 9.59 Å². The van der Waals surface area contributed by atoms with Gasteiger partial charge in [-0.15, -0.1) is 0 Å². The molecular weight excluding hydrogens is 152 g/mol. The first-order chi connectivity index (χ1) is 5.11. The molecule has 5 heteroatoms. The number of carboxylic acids is 2. The van der Waals surface area contributed by atoms with Crippen LogP contribution in [0.2, 0.25) is 0 Å². The smallest absolute Gasteiger partial charge is 0.334 e. The van der Waals surface area contributed by atoms with Crippen LogP contribution in [0, 0.1) is 0 Å². The molecule has 1 rings (SSSR count). The summed E-state index contributed by atoms with van der Waals surface area (Å²) in [6.45, 7) is 0.297. The lowest BCUT2D eigenvalue weighted by atomic mass is 10.2. The second kappa shape index (κ2) is 2.71. The molecule has 1 fully saturated rings. The molecule has 2 N–H and O–H groups in total. The molecule has 0 radical (unpaired) electrons. The van der Waals surface area contributed by atoms with Crippen molar-refractivity contribution in [2.45, 2.75) is 6.10 Å². The predicted octanol–water partition coefficient (Wildman–Crippen LogP) is -0.519. The summed E-state index contributed by atoms with van der Waals surface area (Å²) in [6, 6.07) is 0. The van der Waals surface area contributed by atoms with E-state index < -0.39 is 18.0 Å². The van der Waals surface area contributed by atoms with Gasteiger partial charge in [0.05, 0.1) is 12.2 Å². The van der Waals surface area contributed by atoms with Gasteiger partial charge in [0, 0.05) is 6.08 Å². The zero-order chi connectivity index (χ0) is 8.43. The highest BCUT2D eigenvalue weighted by molar-refractivity contribution is 5.95. The fourth-order valence-electron chi connectivity index (χ4n) is 0.653. The number of hydrogen-bond donors (Lipinski definition) is 2. The molecule has 1 heterocycles. The third-order valence-electron chi connectivity index (χ3n) is 1.21. The minimum atomic E-state index is -1.27. The molecule has 1 atom stereocenters. The number of carbonyl (C=O) groups is 2. The molecule has 0 aromatic carbocycles.